The zero-order valence-corrected chi connectivity index (χ0v) is 11.3. The van der Waals surface area contributed by atoms with Gasteiger partial charge in [-0.1, -0.05) is 29.8 Å². The van der Waals surface area contributed by atoms with Crippen LogP contribution in [-0.2, 0) is 0 Å². The first-order valence-corrected chi connectivity index (χ1v) is 6.39. The highest BCUT2D eigenvalue weighted by Crippen LogP contribution is 2.17. The van der Waals surface area contributed by atoms with Crippen LogP contribution in [0.1, 0.15) is 20.3 Å². The Morgan fingerprint density at radius 1 is 1.28 bits per heavy atom. The minimum absolute atomic E-state index is 0.978. The number of fused-ring (bicyclic) bond motifs is 1. The van der Waals surface area contributed by atoms with E-state index in [1.165, 1.54) is 16.4 Å². The smallest absolute Gasteiger partial charge is 0.0712 e. The molecule has 0 aliphatic carbocycles. The Morgan fingerprint density at radius 3 is 2.78 bits per heavy atom. The maximum absolute atomic E-state index is 4.71. The maximum atomic E-state index is 4.71. The molecule has 94 valence electrons. The monoisotopic (exact) mass is 240 g/mol. The van der Waals surface area contributed by atoms with Crippen LogP contribution < -0.4 is 15.9 Å². The van der Waals surface area contributed by atoms with Crippen molar-refractivity contribution in [3.63, 3.8) is 0 Å². The molecule has 0 saturated heterocycles. The predicted octanol–water partition coefficient (Wildman–Crippen LogP) is 1.93. The van der Waals surface area contributed by atoms with E-state index in [0.717, 1.165) is 24.0 Å². The fourth-order valence-electron chi connectivity index (χ4n) is 2.06. The number of allylic oxidation sites excluding steroid dienone is 4. The summed E-state index contributed by atoms with van der Waals surface area (Å²) in [6, 6.07) is 8.37. The summed E-state index contributed by atoms with van der Waals surface area (Å²) in [5.74, 6) is 0. The van der Waals surface area contributed by atoms with Crippen molar-refractivity contribution in [1.29, 1.82) is 0 Å². The average molecular weight is 240 g/mol. The molecule has 0 aromatic heterocycles. The molecule has 0 fully saturated rings. The lowest BCUT2D eigenvalue weighted by Crippen LogP contribution is -2.23. The Balaban J connectivity index is 2.49. The summed E-state index contributed by atoms with van der Waals surface area (Å²) in [6.45, 7) is 5.18. The van der Waals surface area contributed by atoms with Gasteiger partial charge in [-0.05, 0) is 51.6 Å². The molecule has 1 aliphatic heterocycles. The zero-order chi connectivity index (χ0) is 13.0. The van der Waals surface area contributed by atoms with Gasteiger partial charge in [-0.2, -0.15) is 0 Å². The molecule has 2 rings (SSSR count). The van der Waals surface area contributed by atoms with Crippen molar-refractivity contribution in [3.05, 3.63) is 58.3 Å². The molecule has 1 N–H and O–H groups in total. The van der Waals surface area contributed by atoms with Gasteiger partial charge >= 0.3 is 0 Å². The molecule has 0 spiro atoms. The summed E-state index contributed by atoms with van der Waals surface area (Å²) in [5.41, 5.74) is 3.74. The minimum atomic E-state index is 0.978. The standard InChI is InChI=1S/C16H20N2/c1-12(2)8-9-16-14(10-11-17-3)13-6-4-5-7-15(13)18-16/h4-9,17H,10-11H2,1-3H3/b16-9-. The molecule has 1 heterocycles. The second-order valence-electron chi connectivity index (χ2n) is 4.76. The van der Waals surface area contributed by atoms with Crippen LogP contribution in [-0.4, -0.2) is 13.6 Å². The Hall–Kier alpha value is -1.67. The summed E-state index contributed by atoms with van der Waals surface area (Å²) in [4.78, 5) is 4.71. The second kappa shape index (κ2) is 5.78. The average Bonchev–Trinajstić information content (AvgIpc) is 2.71. The highest BCUT2D eigenvalue weighted by molar-refractivity contribution is 5.66. The summed E-state index contributed by atoms with van der Waals surface area (Å²) < 4.78 is 0. The van der Waals surface area contributed by atoms with E-state index in [9.17, 15) is 0 Å². The number of hydrogen-bond donors (Lipinski definition) is 1. The predicted molar refractivity (Wildman–Crippen MR) is 76.7 cm³/mol. The lowest BCUT2D eigenvalue weighted by molar-refractivity contribution is 0.813. The van der Waals surface area contributed by atoms with Gasteiger partial charge in [0.2, 0.25) is 0 Å². The molecule has 2 heteroatoms. The largest absolute Gasteiger partial charge is 0.319 e. The lowest BCUT2D eigenvalue weighted by Gasteiger charge is -2.03. The topological polar surface area (TPSA) is 24.4 Å². The van der Waals surface area contributed by atoms with E-state index in [1.54, 1.807) is 0 Å². The molecular weight excluding hydrogens is 220 g/mol. The summed E-state index contributed by atoms with van der Waals surface area (Å²) in [7, 11) is 1.98. The third-order valence-corrected chi connectivity index (χ3v) is 2.98. The fourth-order valence-corrected chi connectivity index (χ4v) is 2.06. The van der Waals surface area contributed by atoms with Gasteiger partial charge in [-0.25, -0.2) is 4.99 Å². The van der Waals surface area contributed by atoms with Gasteiger partial charge in [0.15, 0.2) is 0 Å². The number of nitrogens with one attached hydrogen (secondary N) is 1. The molecule has 0 saturated carbocycles. The van der Waals surface area contributed by atoms with Gasteiger partial charge in [-0.15, -0.1) is 0 Å². The zero-order valence-electron chi connectivity index (χ0n) is 11.3. The van der Waals surface area contributed by atoms with Crippen LogP contribution in [0.25, 0.3) is 5.57 Å². The van der Waals surface area contributed by atoms with Crippen LogP contribution in [0.5, 0.6) is 0 Å². The van der Waals surface area contributed by atoms with Crippen LogP contribution in [0.4, 0.5) is 0 Å². The first kappa shape index (κ1) is 12.8. The van der Waals surface area contributed by atoms with Gasteiger partial charge < -0.3 is 5.32 Å². The first-order chi connectivity index (χ1) is 8.72. The van der Waals surface area contributed by atoms with Crippen LogP contribution in [0.3, 0.4) is 0 Å². The highest BCUT2D eigenvalue weighted by atomic mass is 14.8. The normalized spacial score (nSPS) is 15.5. The van der Waals surface area contributed by atoms with Crippen LogP contribution in [0, 0.1) is 0 Å². The lowest BCUT2D eigenvalue weighted by atomic mass is 10.1. The number of rotatable bonds is 4. The molecule has 2 nitrogen and oxygen atoms in total. The highest BCUT2D eigenvalue weighted by Gasteiger charge is 2.11. The second-order valence-corrected chi connectivity index (χ2v) is 4.76. The maximum Gasteiger partial charge on any atom is 0.0712 e. The third-order valence-electron chi connectivity index (χ3n) is 2.98. The van der Waals surface area contributed by atoms with Crippen molar-refractivity contribution in [2.24, 2.45) is 4.99 Å². The number of para-hydroxylation sites is 1. The summed E-state index contributed by atoms with van der Waals surface area (Å²) in [6.07, 6.45) is 5.27. The van der Waals surface area contributed by atoms with E-state index in [2.05, 4.69) is 49.5 Å². The van der Waals surface area contributed by atoms with Crippen molar-refractivity contribution in [2.45, 2.75) is 20.3 Å². The first-order valence-electron chi connectivity index (χ1n) is 6.39. The Bertz CT molecular complexity index is 602. The van der Waals surface area contributed by atoms with Gasteiger partial charge in [0.25, 0.3) is 0 Å². The van der Waals surface area contributed by atoms with E-state index >= 15 is 0 Å². The number of hydrogen-bond acceptors (Lipinski definition) is 2. The Labute approximate surface area is 108 Å². The molecule has 0 radical (unpaired) electrons. The van der Waals surface area contributed by atoms with Crippen LogP contribution in [0.15, 0.2) is 52.7 Å². The molecule has 1 aromatic rings. The van der Waals surface area contributed by atoms with Gasteiger partial charge in [-0.3, -0.25) is 0 Å². The number of nitrogens with zero attached hydrogens (tertiary/aromatic N) is 1. The summed E-state index contributed by atoms with van der Waals surface area (Å²) >= 11 is 0. The van der Waals surface area contributed by atoms with Crippen molar-refractivity contribution in [2.75, 3.05) is 13.6 Å². The van der Waals surface area contributed by atoms with E-state index in [1.807, 2.05) is 13.1 Å². The Morgan fingerprint density at radius 2 is 2.06 bits per heavy atom. The van der Waals surface area contributed by atoms with Crippen molar-refractivity contribution >= 4 is 5.57 Å². The fraction of sp³-hybridized carbons (Fsp3) is 0.312. The Kier molecular flexibility index (Phi) is 4.11. The molecule has 0 amide bonds. The van der Waals surface area contributed by atoms with Gasteiger partial charge in [0, 0.05) is 5.22 Å². The molecule has 1 aliphatic rings. The van der Waals surface area contributed by atoms with Gasteiger partial charge in [0.05, 0.1) is 11.1 Å². The van der Waals surface area contributed by atoms with Crippen LogP contribution in [0.2, 0.25) is 0 Å². The van der Waals surface area contributed by atoms with Gasteiger partial charge in [0.1, 0.15) is 0 Å². The quantitative estimate of drug-likeness (QED) is 0.854. The van der Waals surface area contributed by atoms with Crippen molar-refractivity contribution < 1.29 is 0 Å². The molecule has 0 atom stereocenters. The van der Waals surface area contributed by atoms with E-state index in [4.69, 9.17) is 4.99 Å². The summed E-state index contributed by atoms with van der Waals surface area (Å²) in [5, 5.41) is 5.58. The molecule has 1 aromatic carbocycles. The minimum Gasteiger partial charge on any atom is -0.319 e. The van der Waals surface area contributed by atoms with E-state index in [0.29, 0.717) is 0 Å². The SMILES string of the molecule is CNCCC1=c2ccccc2=N/C1=C\C=C(C)C. The van der Waals surface area contributed by atoms with Crippen molar-refractivity contribution in [1.82, 2.24) is 5.32 Å². The van der Waals surface area contributed by atoms with Crippen molar-refractivity contribution in [3.8, 4) is 0 Å². The number of benzene rings is 1. The molecule has 0 unspecified atom stereocenters. The third kappa shape index (κ3) is 2.77. The molecule has 18 heavy (non-hydrogen) atoms. The molecular formula is C16H20N2. The van der Waals surface area contributed by atoms with Crippen LogP contribution >= 0.6 is 0 Å². The van der Waals surface area contributed by atoms with E-state index < -0.39 is 0 Å². The molecule has 0 bridgehead atoms. The van der Waals surface area contributed by atoms with E-state index in [-0.39, 0.29) is 0 Å².